The summed E-state index contributed by atoms with van der Waals surface area (Å²) in [6, 6.07) is 5.52. The third kappa shape index (κ3) is 2.84. The number of aryl methyl sites for hydroxylation is 1. The van der Waals surface area contributed by atoms with Gasteiger partial charge in [-0.15, -0.1) is 0 Å². The van der Waals surface area contributed by atoms with Gasteiger partial charge in [0.1, 0.15) is 0 Å². The lowest BCUT2D eigenvalue weighted by molar-refractivity contribution is -0.422. The number of nitrogens with zero attached hydrogens (tertiary/aromatic N) is 2. The molecule has 1 N–H and O–H groups in total. The van der Waals surface area contributed by atoms with E-state index < -0.39 is 10.9 Å². The second-order valence-corrected chi connectivity index (χ2v) is 5.68. The van der Waals surface area contributed by atoms with Crippen molar-refractivity contribution in [1.29, 1.82) is 0 Å². The van der Waals surface area contributed by atoms with Crippen molar-refractivity contribution in [3.63, 3.8) is 0 Å². The molecule has 2 aromatic heterocycles. The third-order valence-electron chi connectivity index (χ3n) is 4.06. The first-order chi connectivity index (χ1) is 11.9. The molecule has 3 aromatic rings. The molecule has 0 aliphatic heterocycles. The van der Waals surface area contributed by atoms with E-state index in [0.29, 0.717) is 11.1 Å². The Labute approximate surface area is 143 Å². The van der Waals surface area contributed by atoms with Gasteiger partial charge in [-0.2, -0.15) is 0 Å². The average molecular weight is 339 g/mol. The van der Waals surface area contributed by atoms with Crippen LogP contribution >= 0.6 is 0 Å². The smallest absolute Gasteiger partial charge is 0.357 e. The number of esters is 1. The molecule has 0 amide bonds. The second kappa shape index (κ2) is 6.35. The number of carbonyl (C=O) groups is 1. The molecule has 128 valence electrons. The Hall–Kier alpha value is -3.22. The van der Waals surface area contributed by atoms with E-state index in [0.717, 1.165) is 21.8 Å². The fourth-order valence-corrected chi connectivity index (χ4v) is 2.93. The SMILES string of the molecule is CCOC(=O)c1ncc2[nH]c3cccc(/C=C(\C)[N+](=O)[O-])c3c2c1C. The lowest BCUT2D eigenvalue weighted by Gasteiger charge is -2.06. The summed E-state index contributed by atoms with van der Waals surface area (Å²) in [7, 11) is 0. The molecule has 0 atom stereocenters. The number of rotatable bonds is 4. The first-order valence-electron chi connectivity index (χ1n) is 7.83. The monoisotopic (exact) mass is 339 g/mol. The van der Waals surface area contributed by atoms with E-state index in [1.54, 1.807) is 20.0 Å². The summed E-state index contributed by atoms with van der Waals surface area (Å²) in [5, 5.41) is 12.6. The van der Waals surface area contributed by atoms with Crippen LogP contribution in [-0.2, 0) is 4.74 Å². The van der Waals surface area contributed by atoms with E-state index >= 15 is 0 Å². The molecule has 0 aliphatic rings. The number of ether oxygens (including phenoxy) is 1. The van der Waals surface area contributed by atoms with Gasteiger partial charge >= 0.3 is 5.97 Å². The van der Waals surface area contributed by atoms with Gasteiger partial charge in [0.2, 0.25) is 5.70 Å². The van der Waals surface area contributed by atoms with Gasteiger partial charge in [-0.25, -0.2) is 9.78 Å². The van der Waals surface area contributed by atoms with Gasteiger partial charge < -0.3 is 9.72 Å². The van der Waals surface area contributed by atoms with Crippen LogP contribution in [0.4, 0.5) is 0 Å². The molecule has 0 aliphatic carbocycles. The molecule has 0 saturated heterocycles. The van der Waals surface area contributed by atoms with Crippen LogP contribution in [-0.4, -0.2) is 27.5 Å². The fraction of sp³-hybridized carbons (Fsp3) is 0.222. The molecule has 2 heterocycles. The third-order valence-corrected chi connectivity index (χ3v) is 4.06. The molecule has 3 rings (SSSR count). The standard InChI is InChI=1S/C18H17N3O4/c1-4-25-18(22)17-11(3)15-14(9-19-17)20-13-7-5-6-12(16(13)15)8-10(2)21(23)24/h5-9,20H,4H2,1-3H3/b10-8+. The molecule has 1 aromatic carbocycles. The molecule has 0 fully saturated rings. The van der Waals surface area contributed by atoms with Crippen molar-refractivity contribution >= 4 is 33.9 Å². The summed E-state index contributed by atoms with van der Waals surface area (Å²) in [5.41, 5.74) is 3.27. The van der Waals surface area contributed by atoms with Crippen molar-refractivity contribution in [2.45, 2.75) is 20.8 Å². The van der Waals surface area contributed by atoms with Gasteiger partial charge in [0.25, 0.3) is 0 Å². The number of benzene rings is 1. The van der Waals surface area contributed by atoms with E-state index in [-0.39, 0.29) is 18.0 Å². The van der Waals surface area contributed by atoms with Gasteiger partial charge in [0, 0.05) is 29.3 Å². The molecule has 25 heavy (non-hydrogen) atoms. The Bertz CT molecular complexity index is 1030. The van der Waals surface area contributed by atoms with E-state index in [4.69, 9.17) is 4.74 Å². The maximum absolute atomic E-state index is 12.1. The van der Waals surface area contributed by atoms with Gasteiger partial charge in [0.05, 0.1) is 23.2 Å². The van der Waals surface area contributed by atoms with Crippen molar-refractivity contribution in [2.75, 3.05) is 6.61 Å². The predicted octanol–water partition coefficient (Wildman–Crippen LogP) is 3.84. The van der Waals surface area contributed by atoms with E-state index in [1.165, 1.54) is 13.0 Å². The van der Waals surface area contributed by atoms with Crippen LogP contribution in [0.2, 0.25) is 0 Å². The maximum atomic E-state index is 12.1. The highest BCUT2D eigenvalue weighted by Gasteiger charge is 2.18. The summed E-state index contributed by atoms with van der Waals surface area (Å²) >= 11 is 0. The van der Waals surface area contributed by atoms with E-state index in [1.807, 2.05) is 18.2 Å². The highest BCUT2D eigenvalue weighted by atomic mass is 16.6. The molecule has 0 saturated carbocycles. The average Bonchev–Trinajstić information content (AvgIpc) is 2.95. The van der Waals surface area contributed by atoms with Crippen LogP contribution in [0.3, 0.4) is 0 Å². The summed E-state index contributed by atoms with van der Waals surface area (Å²) in [5.74, 6) is -0.481. The topological polar surface area (TPSA) is 98.1 Å². The minimum atomic E-state index is -0.481. The zero-order chi connectivity index (χ0) is 18.1. The maximum Gasteiger partial charge on any atom is 0.357 e. The summed E-state index contributed by atoms with van der Waals surface area (Å²) in [6.45, 7) is 5.25. The number of hydrogen-bond acceptors (Lipinski definition) is 5. The molecule has 0 radical (unpaired) electrons. The first-order valence-corrected chi connectivity index (χ1v) is 7.83. The highest BCUT2D eigenvalue weighted by Crippen LogP contribution is 2.32. The Kier molecular flexibility index (Phi) is 4.22. The normalized spacial score (nSPS) is 11.9. The Morgan fingerprint density at radius 1 is 1.36 bits per heavy atom. The summed E-state index contributed by atoms with van der Waals surface area (Å²) in [6.07, 6.45) is 3.11. The zero-order valence-electron chi connectivity index (χ0n) is 14.1. The summed E-state index contributed by atoms with van der Waals surface area (Å²) in [4.78, 5) is 30.1. The molecule has 0 spiro atoms. The van der Waals surface area contributed by atoms with Crippen molar-refractivity contribution < 1.29 is 14.5 Å². The van der Waals surface area contributed by atoms with Crippen LogP contribution in [0.5, 0.6) is 0 Å². The largest absolute Gasteiger partial charge is 0.461 e. The molecule has 7 heteroatoms. The van der Waals surface area contributed by atoms with Gasteiger partial charge in [-0.05, 0) is 31.0 Å². The number of fused-ring (bicyclic) bond motifs is 3. The Morgan fingerprint density at radius 2 is 2.12 bits per heavy atom. The molecular weight excluding hydrogens is 322 g/mol. The van der Waals surface area contributed by atoms with Crippen molar-refractivity contribution in [2.24, 2.45) is 0 Å². The van der Waals surface area contributed by atoms with Crippen molar-refractivity contribution in [3.8, 4) is 0 Å². The minimum Gasteiger partial charge on any atom is -0.461 e. The van der Waals surface area contributed by atoms with Gasteiger partial charge in [-0.1, -0.05) is 12.1 Å². The first kappa shape index (κ1) is 16.6. The molecule has 0 bridgehead atoms. The van der Waals surface area contributed by atoms with Crippen LogP contribution in [0, 0.1) is 17.0 Å². The minimum absolute atomic E-state index is 0.0409. The quantitative estimate of drug-likeness (QED) is 0.442. The lowest BCUT2D eigenvalue weighted by Crippen LogP contribution is -2.09. The van der Waals surface area contributed by atoms with Crippen molar-refractivity contribution in [1.82, 2.24) is 9.97 Å². The summed E-state index contributed by atoms with van der Waals surface area (Å²) < 4.78 is 5.06. The zero-order valence-corrected chi connectivity index (χ0v) is 14.1. The number of aromatic nitrogens is 2. The number of allylic oxidation sites excluding steroid dienone is 1. The number of pyridine rings is 1. The van der Waals surface area contributed by atoms with E-state index in [2.05, 4.69) is 9.97 Å². The van der Waals surface area contributed by atoms with Gasteiger partial charge in [-0.3, -0.25) is 10.1 Å². The molecule has 0 unspecified atom stereocenters. The molecular formula is C18H17N3O4. The van der Waals surface area contributed by atoms with Crippen LogP contribution < -0.4 is 0 Å². The lowest BCUT2D eigenvalue weighted by atomic mass is 10.0. The predicted molar refractivity (Wildman–Crippen MR) is 94.9 cm³/mol. The van der Waals surface area contributed by atoms with Crippen LogP contribution in [0.15, 0.2) is 30.1 Å². The second-order valence-electron chi connectivity index (χ2n) is 5.68. The molecule has 7 nitrogen and oxygen atoms in total. The van der Waals surface area contributed by atoms with E-state index in [9.17, 15) is 14.9 Å². The fourth-order valence-electron chi connectivity index (χ4n) is 2.93. The van der Waals surface area contributed by atoms with Gasteiger partial charge in [0.15, 0.2) is 5.69 Å². The Morgan fingerprint density at radius 3 is 2.80 bits per heavy atom. The van der Waals surface area contributed by atoms with Crippen LogP contribution in [0.1, 0.15) is 35.5 Å². The number of hydrogen-bond donors (Lipinski definition) is 1. The van der Waals surface area contributed by atoms with Crippen molar-refractivity contribution in [3.05, 3.63) is 57.0 Å². The van der Waals surface area contributed by atoms with Crippen LogP contribution in [0.25, 0.3) is 27.9 Å². The number of H-pyrrole nitrogens is 1. The Balaban J connectivity index is 2.34. The number of nitro groups is 1. The number of carbonyl (C=O) groups excluding carboxylic acids is 1. The number of aromatic amines is 1. The number of nitrogens with one attached hydrogen (secondary N) is 1. The highest BCUT2D eigenvalue weighted by molar-refractivity contribution is 6.14.